The molecule has 1 aliphatic rings. The number of anilines is 1. The fourth-order valence-corrected chi connectivity index (χ4v) is 2.57. The lowest BCUT2D eigenvalue weighted by Crippen LogP contribution is -2.39. The van der Waals surface area contributed by atoms with Gasteiger partial charge in [-0.2, -0.15) is 5.26 Å². The van der Waals surface area contributed by atoms with Crippen LogP contribution in [0, 0.1) is 18.3 Å². The van der Waals surface area contributed by atoms with Crippen molar-refractivity contribution in [1.82, 2.24) is 9.88 Å². The minimum Gasteiger partial charge on any atom is -0.366 e. The van der Waals surface area contributed by atoms with Gasteiger partial charge in [-0.15, -0.1) is 0 Å². The van der Waals surface area contributed by atoms with Crippen molar-refractivity contribution in [2.45, 2.75) is 39.2 Å². The van der Waals surface area contributed by atoms with Crippen molar-refractivity contribution in [3.63, 3.8) is 0 Å². The van der Waals surface area contributed by atoms with E-state index in [2.05, 4.69) is 28.2 Å². The van der Waals surface area contributed by atoms with E-state index in [4.69, 9.17) is 5.26 Å². The lowest BCUT2D eigenvalue weighted by atomic mass is 10.0. The molecule has 1 saturated heterocycles. The van der Waals surface area contributed by atoms with Crippen LogP contribution in [-0.2, 0) is 0 Å². The van der Waals surface area contributed by atoms with Gasteiger partial charge in [-0.05, 0) is 44.9 Å². The minimum absolute atomic E-state index is 0.439. The summed E-state index contributed by atoms with van der Waals surface area (Å²) in [4.78, 5) is 6.95. The molecule has 102 valence electrons. The number of pyridine rings is 1. The Morgan fingerprint density at radius 2 is 2.16 bits per heavy atom. The van der Waals surface area contributed by atoms with Crippen molar-refractivity contribution in [2.24, 2.45) is 0 Å². The van der Waals surface area contributed by atoms with E-state index in [0.717, 1.165) is 37.4 Å². The maximum absolute atomic E-state index is 9.11. The molecular formula is C15H22N4. The zero-order chi connectivity index (χ0) is 13.7. The zero-order valence-electron chi connectivity index (χ0n) is 11.8. The Morgan fingerprint density at radius 3 is 2.79 bits per heavy atom. The Balaban J connectivity index is 1.96. The van der Waals surface area contributed by atoms with Gasteiger partial charge in [-0.25, -0.2) is 4.98 Å². The second-order valence-corrected chi connectivity index (χ2v) is 5.22. The summed E-state index contributed by atoms with van der Waals surface area (Å²) in [7, 11) is 0. The Hall–Kier alpha value is -1.60. The monoisotopic (exact) mass is 258 g/mol. The Bertz CT molecular complexity index is 456. The number of nitriles is 1. The van der Waals surface area contributed by atoms with Crippen molar-refractivity contribution in [3.05, 3.63) is 23.4 Å². The fourth-order valence-electron chi connectivity index (χ4n) is 2.57. The third kappa shape index (κ3) is 3.68. The summed E-state index contributed by atoms with van der Waals surface area (Å²) >= 11 is 0. The molecule has 1 fully saturated rings. The summed E-state index contributed by atoms with van der Waals surface area (Å²) in [5.74, 6) is 0.747. The first-order valence-electron chi connectivity index (χ1n) is 7.09. The van der Waals surface area contributed by atoms with Gasteiger partial charge in [0.2, 0.25) is 0 Å². The van der Waals surface area contributed by atoms with Crippen LogP contribution < -0.4 is 5.32 Å². The molecular weight excluding hydrogens is 236 g/mol. The topological polar surface area (TPSA) is 52.0 Å². The number of piperidine rings is 1. The first-order chi connectivity index (χ1) is 9.22. The van der Waals surface area contributed by atoms with E-state index in [1.165, 1.54) is 13.0 Å². The molecule has 2 rings (SSSR count). The molecule has 0 saturated carbocycles. The molecule has 0 amide bonds. The highest BCUT2D eigenvalue weighted by Gasteiger charge is 2.19. The predicted octanol–water partition coefficient (Wildman–Crippen LogP) is 2.55. The second-order valence-electron chi connectivity index (χ2n) is 5.22. The number of hydrogen-bond acceptors (Lipinski definition) is 4. The fraction of sp³-hybridized carbons (Fsp3) is 0.600. The minimum atomic E-state index is 0.439. The standard InChI is InChI=1S/C15H22N4/c1-3-8-19-9-6-14(7-10-19)18-15-13(11-16)5-4-12(2)17-15/h4-5,14H,3,6-10H2,1-2H3,(H,17,18). The summed E-state index contributed by atoms with van der Waals surface area (Å²) in [6.45, 7) is 7.65. The molecule has 1 aliphatic heterocycles. The van der Waals surface area contributed by atoms with Gasteiger partial charge in [-0.1, -0.05) is 6.92 Å². The van der Waals surface area contributed by atoms with Crippen LogP contribution in [-0.4, -0.2) is 35.6 Å². The summed E-state index contributed by atoms with van der Waals surface area (Å²) in [5.41, 5.74) is 1.59. The van der Waals surface area contributed by atoms with E-state index >= 15 is 0 Å². The maximum atomic E-state index is 9.11. The molecule has 0 bridgehead atoms. The van der Waals surface area contributed by atoms with Crippen molar-refractivity contribution >= 4 is 5.82 Å². The van der Waals surface area contributed by atoms with Crippen LogP contribution >= 0.6 is 0 Å². The van der Waals surface area contributed by atoms with E-state index in [1.807, 2.05) is 19.1 Å². The smallest absolute Gasteiger partial charge is 0.144 e. The molecule has 0 spiro atoms. The molecule has 4 nitrogen and oxygen atoms in total. The van der Waals surface area contributed by atoms with Crippen molar-refractivity contribution in [2.75, 3.05) is 25.0 Å². The van der Waals surface area contributed by atoms with Crippen LogP contribution in [0.3, 0.4) is 0 Å². The molecule has 4 heteroatoms. The van der Waals surface area contributed by atoms with Gasteiger partial charge >= 0.3 is 0 Å². The van der Waals surface area contributed by atoms with Crippen LogP contribution in [0.1, 0.15) is 37.4 Å². The number of aryl methyl sites for hydroxylation is 1. The highest BCUT2D eigenvalue weighted by Crippen LogP contribution is 2.18. The van der Waals surface area contributed by atoms with E-state index in [0.29, 0.717) is 11.6 Å². The molecule has 0 aromatic carbocycles. The normalized spacial score (nSPS) is 17.1. The quantitative estimate of drug-likeness (QED) is 0.901. The average Bonchev–Trinajstić information content (AvgIpc) is 2.42. The molecule has 0 aliphatic carbocycles. The number of nitrogens with zero attached hydrogens (tertiary/aromatic N) is 3. The first kappa shape index (κ1) is 13.8. The van der Waals surface area contributed by atoms with Crippen molar-refractivity contribution in [3.8, 4) is 6.07 Å². The lowest BCUT2D eigenvalue weighted by Gasteiger charge is -2.32. The second kappa shape index (κ2) is 6.53. The van der Waals surface area contributed by atoms with Gasteiger partial charge in [0.25, 0.3) is 0 Å². The molecule has 2 heterocycles. The Kier molecular flexibility index (Phi) is 4.75. The molecule has 19 heavy (non-hydrogen) atoms. The van der Waals surface area contributed by atoms with Gasteiger partial charge in [0.05, 0.1) is 5.56 Å². The van der Waals surface area contributed by atoms with Crippen molar-refractivity contribution < 1.29 is 0 Å². The largest absolute Gasteiger partial charge is 0.366 e. The van der Waals surface area contributed by atoms with Gasteiger partial charge in [0.15, 0.2) is 0 Å². The van der Waals surface area contributed by atoms with E-state index < -0.39 is 0 Å². The van der Waals surface area contributed by atoms with Crippen LogP contribution in [0.25, 0.3) is 0 Å². The van der Waals surface area contributed by atoms with Gasteiger partial charge in [-0.3, -0.25) is 0 Å². The number of rotatable bonds is 4. The molecule has 0 radical (unpaired) electrons. The molecule has 0 unspecified atom stereocenters. The third-order valence-electron chi connectivity index (χ3n) is 3.62. The highest BCUT2D eigenvalue weighted by molar-refractivity contribution is 5.52. The number of nitrogens with one attached hydrogen (secondary N) is 1. The van der Waals surface area contributed by atoms with E-state index in [1.54, 1.807) is 0 Å². The lowest BCUT2D eigenvalue weighted by molar-refractivity contribution is 0.219. The summed E-state index contributed by atoms with van der Waals surface area (Å²) in [6, 6.07) is 6.37. The van der Waals surface area contributed by atoms with Crippen LogP contribution in [0.15, 0.2) is 12.1 Å². The zero-order valence-corrected chi connectivity index (χ0v) is 11.8. The first-order valence-corrected chi connectivity index (χ1v) is 7.09. The van der Waals surface area contributed by atoms with Gasteiger partial charge in [0, 0.05) is 24.8 Å². The van der Waals surface area contributed by atoms with Crippen molar-refractivity contribution in [1.29, 1.82) is 5.26 Å². The van der Waals surface area contributed by atoms with Crippen LogP contribution in [0.4, 0.5) is 5.82 Å². The molecule has 1 N–H and O–H groups in total. The van der Waals surface area contributed by atoms with E-state index in [-0.39, 0.29) is 0 Å². The summed E-state index contributed by atoms with van der Waals surface area (Å²) in [5, 5.41) is 12.6. The number of hydrogen-bond donors (Lipinski definition) is 1. The van der Waals surface area contributed by atoms with Gasteiger partial charge < -0.3 is 10.2 Å². The molecule has 0 atom stereocenters. The number of likely N-dealkylation sites (tertiary alicyclic amines) is 1. The number of aromatic nitrogens is 1. The SMILES string of the molecule is CCCN1CCC(Nc2nc(C)ccc2C#N)CC1. The molecule has 1 aromatic rings. The Labute approximate surface area is 115 Å². The van der Waals surface area contributed by atoms with Gasteiger partial charge in [0.1, 0.15) is 11.9 Å². The Morgan fingerprint density at radius 1 is 1.42 bits per heavy atom. The van der Waals surface area contributed by atoms with Crippen LogP contribution in [0.2, 0.25) is 0 Å². The summed E-state index contributed by atoms with van der Waals surface area (Å²) < 4.78 is 0. The average molecular weight is 258 g/mol. The molecule has 1 aromatic heterocycles. The highest BCUT2D eigenvalue weighted by atomic mass is 15.1. The summed E-state index contributed by atoms with van der Waals surface area (Å²) in [6.07, 6.45) is 3.47. The third-order valence-corrected chi connectivity index (χ3v) is 3.62. The van der Waals surface area contributed by atoms with E-state index in [9.17, 15) is 0 Å². The van der Waals surface area contributed by atoms with Crippen LogP contribution in [0.5, 0.6) is 0 Å². The predicted molar refractivity (Wildman–Crippen MR) is 77.1 cm³/mol. The maximum Gasteiger partial charge on any atom is 0.144 e.